The van der Waals surface area contributed by atoms with Crippen LogP contribution in [0.25, 0.3) is 0 Å². The highest BCUT2D eigenvalue weighted by molar-refractivity contribution is 7.27. The van der Waals surface area contributed by atoms with Crippen molar-refractivity contribution < 1.29 is 4.79 Å². The van der Waals surface area contributed by atoms with Crippen LogP contribution in [-0.4, -0.2) is 11.1 Å². The van der Waals surface area contributed by atoms with E-state index in [1.165, 1.54) is 0 Å². The largest absolute Gasteiger partial charge is 0.293 e. The third-order valence-corrected chi connectivity index (χ3v) is 4.70. The van der Waals surface area contributed by atoms with E-state index in [4.69, 9.17) is 0 Å². The third-order valence-electron chi connectivity index (χ3n) is 3.95. The van der Waals surface area contributed by atoms with E-state index in [1.54, 1.807) is 8.86 Å². The second kappa shape index (κ2) is 7.26. The van der Waals surface area contributed by atoms with Crippen LogP contribution in [0.4, 0.5) is 0 Å². The zero-order valence-electron chi connectivity index (χ0n) is 12.9. The minimum absolute atomic E-state index is 0.159. The van der Waals surface area contributed by atoms with Gasteiger partial charge in [0.15, 0.2) is 5.78 Å². The summed E-state index contributed by atoms with van der Waals surface area (Å²) in [6.07, 6.45) is 0. The van der Waals surface area contributed by atoms with E-state index in [-0.39, 0.29) is 11.7 Å². The van der Waals surface area contributed by atoms with Gasteiger partial charge >= 0.3 is 0 Å². The quantitative estimate of drug-likeness (QED) is 0.644. The van der Waals surface area contributed by atoms with E-state index in [2.05, 4.69) is 0 Å². The van der Waals surface area contributed by atoms with E-state index in [1.807, 2.05) is 91.0 Å². The Hall–Kier alpha value is -2.37. The highest BCUT2D eigenvalue weighted by Gasteiger charge is 2.24. The number of rotatable bonds is 5. The molecule has 114 valence electrons. The lowest BCUT2D eigenvalue weighted by Gasteiger charge is -2.18. The normalized spacial score (nSPS) is 10.7. The number of Topliss-reactive ketones (excluding diaryl/α,β-unsaturated/α-hetero) is 1. The molecule has 0 aliphatic carbocycles. The topological polar surface area (TPSA) is 17.1 Å². The first-order valence-electron chi connectivity index (χ1n) is 7.66. The van der Waals surface area contributed by atoms with Crippen LogP contribution in [0.2, 0.25) is 0 Å². The average molecular weight is 318 g/mol. The van der Waals surface area contributed by atoms with Gasteiger partial charge < -0.3 is 0 Å². The molecule has 0 aliphatic rings. The fourth-order valence-corrected chi connectivity index (χ4v) is 3.18. The van der Waals surface area contributed by atoms with Crippen LogP contribution in [0.5, 0.6) is 0 Å². The van der Waals surface area contributed by atoms with Crippen molar-refractivity contribution in [3.63, 3.8) is 0 Å². The van der Waals surface area contributed by atoms with Crippen molar-refractivity contribution in [1.82, 2.24) is 0 Å². The smallest absolute Gasteiger partial charge is 0.174 e. The Bertz CT molecular complexity index is 756. The van der Waals surface area contributed by atoms with Gasteiger partial charge in [0.05, 0.1) is 5.92 Å². The predicted molar refractivity (Wildman–Crippen MR) is 101 cm³/mol. The summed E-state index contributed by atoms with van der Waals surface area (Å²) in [5.74, 6) is -0.1000. The van der Waals surface area contributed by atoms with Gasteiger partial charge in [-0.3, -0.25) is 4.79 Å². The molecule has 0 fully saturated rings. The Morgan fingerprint density at radius 2 is 1.04 bits per heavy atom. The molecule has 0 radical (unpaired) electrons. The van der Waals surface area contributed by atoms with Gasteiger partial charge in [0, 0.05) is 5.29 Å². The number of hydrogen-bond donors (Lipinski definition) is 0. The van der Waals surface area contributed by atoms with E-state index < -0.39 is 0 Å². The molecule has 0 heterocycles. The molecule has 2 heteroatoms. The highest BCUT2D eigenvalue weighted by atomic mass is 31.0. The molecule has 3 aromatic carbocycles. The molecule has 0 aliphatic heterocycles. The van der Waals surface area contributed by atoms with Crippen molar-refractivity contribution >= 4 is 19.9 Å². The number of benzene rings is 3. The van der Waals surface area contributed by atoms with E-state index in [0.717, 1.165) is 22.0 Å². The van der Waals surface area contributed by atoms with Gasteiger partial charge in [-0.25, -0.2) is 0 Å². The first-order valence-corrected chi connectivity index (χ1v) is 8.36. The fourth-order valence-electron chi connectivity index (χ4n) is 2.74. The van der Waals surface area contributed by atoms with E-state index in [0.29, 0.717) is 0 Å². The molecule has 23 heavy (non-hydrogen) atoms. The van der Waals surface area contributed by atoms with Gasteiger partial charge in [0.2, 0.25) is 0 Å². The molecule has 0 amide bonds. The zero-order chi connectivity index (χ0) is 16.1. The Kier molecular flexibility index (Phi) is 4.90. The monoisotopic (exact) mass is 318 g/mol. The van der Waals surface area contributed by atoms with E-state index >= 15 is 0 Å². The summed E-state index contributed by atoms with van der Waals surface area (Å²) in [6.45, 7) is 0. The second-order valence-corrected chi connectivity index (χ2v) is 6.17. The Morgan fingerprint density at radius 1 is 0.652 bits per heavy atom. The standard InChI is InChI=1S/C21H19OP/c22-20(21(23)18-14-8-3-9-15-18)19(16-10-4-1-5-11-16)17-12-6-2-7-13-17/h1-15,19H,23H3. The molecule has 0 aromatic heterocycles. The molecule has 0 spiro atoms. The van der Waals surface area contributed by atoms with Gasteiger partial charge in [-0.1, -0.05) is 91.0 Å². The molecular weight excluding hydrogens is 299 g/mol. The maximum atomic E-state index is 13.2. The Labute approximate surface area is 138 Å². The molecule has 0 N–H and O–H groups in total. The molecule has 1 nitrogen and oxygen atoms in total. The summed E-state index contributed by atoms with van der Waals surface area (Å²) in [5, 5.41) is 0.823. The minimum Gasteiger partial charge on any atom is -0.293 e. The maximum Gasteiger partial charge on any atom is 0.174 e. The number of carbonyl (C=O) groups excluding carboxylic acids is 1. The molecule has 0 bridgehead atoms. The third kappa shape index (κ3) is 3.52. The summed E-state index contributed by atoms with van der Waals surface area (Å²) >= 11 is 0. The summed E-state index contributed by atoms with van der Waals surface area (Å²) in [5.41, 5.74) is 3.06. The Balaban J connectivity index is 2.02. The van der Waals surface area contributed by atoms with Crippen molar-refractivity contribution in [1.29, 1.82) is 0 Å². The lowest BCUT2D eigenvalue weighted by Crippen LogP contribution is -2.22. The van der Waals surface area contributed by atoms with Gasteiger partial charge in [-0.2, -0.15) is 0 Å². The van der Waals surface area contributed by atoms with Crippen LogP contribution >= 0.6 is 8.86 Å². The summed E-state index contributed by atoms with van der Waals surface area (Å²) in [7, 11) is 1.68. The van der Waals surface area contributed by atoms with Crippen LogP contribution < -0.4 is 0 Å². The fraction of sp³-hybridized carbons (Fsp3) is 0.0476. The summed E-state index contributed by atoms with van der Waals surface area (Å²) in [4.78, 5) is 13.2. The summed E-state index contributed by atoms with van der Waals surface area (Å²) in [6, 6.07) is 29.9. The van der Waals surface area contributed by atoms with Gasteiger partial charge in [0.25, 0.3) is 0 Å². The lowest BCUT2D eigenvalue weighted by atomic mass is 9.85. The first-order chi connectivity index (χ1) is 11.3. The molecule has 0 saturated carbocycles. The lowest BCUT2D eigenvalue weighted by molar-refractivity contribution is -0.113. The average Bonchev–Trinajstić information content (AvgIpc) is 2.64. The minimum atomic E-state index is -0.259. The van der Waals surface area contributed by atoms with Crippen LogP contribution in [0, 0.1) is 0 Å². The highest BCUT2D eigenvalue weighted by Crippen LogP contribution is 2.27. The molecule has 1 atom stereocenters. The van der Waals surface area contributed by atoms with Crippen molar-refractivity contribution in [2.75, 3.05) is 0 Å². The van der Waals surface area contributed by atoms with Crippen molar-refractivity contribution in [3.05, 3.63) is 108 Å². The second-order valence-electron chi connectivity index (χ2n) is 5.46. The summed E-state index contributed by atoms with van der Waals surface area (Å²) < 4.78 is 0. The molecular formula is C21H19OP. The van der Waals surface area contributed by atoms with Gasteiger partial charge in [0.1, 0.15) is 0 Å². The van der Waals surface area contributed by atoms with Crippen molar-refractivity contribution in [3.8, 4) is 0 Å². The number of hydrogen-bond acceptors (Lipinski definition) is 1. The molecule has 0 saturated heterocycles. The molecule has 1 unspecified atom stereocenters. The maximum absolute atomic E-state index is 13.2. The van der Waals surface area contributed by atoms with Gasteiger partial charge in [-0.05, 0) is 16.7 Å². The number of ketones is 1. The van der Waals surface area contributed by atoms with Crippen molar-refractivity contribution in [2.45, 2.75) is 5.92 Å². The zero-order valence-corrected chi connectivity index (χ0v) is 14.3. The van der Waals surface area contributed by atoms with E-state index in [9.17, 15) is 4.79 Å². The van der Waals surface area contributed by atoms with Crippen molar-refractivity contribution in [2.24, 2.45) is 0 Å². The van der Waals surface area contributed by atoms with Crippen LogP contribution in [-0.2, 0) is 4.79 Å². The van der Waals surface area contributed by atoms with Gasteiger partial charge in [-0.15, -0.1) is 8.86 Å². The number of carbonyl (C=O) groups is 1. The van der Waals surface area contributed by atoms with Crippen LogP contribution in [0.15, 0.2) is 91.0 Å². The Morgan fingerprint density at radius 3 is 1.48 bits per heavy atom. The molecule has 3 aromatic rings. The SMILES string of the molecule is O=C(C(=[PH3])c1ccccc1)C(c1ccccc1)c1ccccc1. The van der Waals surface area contributed by atoms with Crippen LogP contribution in [0.3, 0.4) is 0 Å². The predicted octanol–water partition coefficient (Wildman–Crippen LogP) is 4.22. The van der Waals surface area contributed by atoms with Crippen LogP contribution in [0.1, 0.15) is 22.6 Å². The first kappa shape index (κ1) is 15.5. The molecule has 3 rings (SSSR count).